The smallest absolute Gasteiger partial charge is 0.207 e. The fourth-order valence-corrected chi connectivity index (χ4v) is 3.49. The largest absolute Gasteiger partial charge is 0.369 e. The molecule has 3 heterocycles. The van der Waals surface area contributed by atoms with Crippen molar-refractivity contribution in [2.24, 2.45) is 0 Å². The number of benzene rings is 2. The molecule has 5 aromatic rings. The topological polar surface area (TPSA) is 82.0 Å². The van der Waals surface area contributed by atoms with Gasteiger partial charge in [-0.1, -0.05) is 36.4 Å². The zero-order valence-corrected chi connectivity index (χ0v) is 14.7. The molecule has 0 radical (unpaired) electrons. The van der Waals surface area contributed by atoms with Gasteiger partial charge in [-0.2, -0.15) is 0 Å². The zero-order chi connectivity index (χ0) is 18.4. The van der Waals surface area contributed by atoms with Gasteiger partial charge in [0.2, 0.25) is 5.95 Å². The predicted molar refractivity (Wildman–Crippen MR) is 106 cm³/mol. The van der Waals surface area contributed by atoms with E-state index in [1.807, 2.05) is 42.6 Å². The van der Waals surface area contributed by atoms with Gasteiger partial charge in [-0.25, -0.2) is 4.98 Å². The van der Waals surface area contributed by atoms with Crippen LogP contribution in [0.3, 0.4) is 0 Å². The fourth-order valence-electron chi connectivity index (χ4n) is 3.49. The van der Waals surface area contributed by atoms with Gasteiger partial charge in [0.05, 0.1) is 16.8 Å². The van der Waals surface area contributed by atoms with Gasteiger partial charge in [0.1, 0.15) is 6.33 Å². The van der Waals surface area contributed by atoms with Crippen LogP contribution in [-0.4, -0.2) is 24.6 Å². The SMILES string of the molecule is Cc1cc(-c2c(-c3ccccc3)nc(N)n3cnnc23)cc2cccnc12. The summed E-state index contributed by atoms with van der Waals surface area (Å²) in [6.45, 7) is 2.06. The lowest BCUT2D eigenvalue weighted by Crippen LogP contribution is -2.04. The molecular weight excluding hydrogens is 336 g/mol. The Hall–Kier alpha value is -3.80. The van der Waals surface area contributed by atoms with Crippen molar-refractivity contribution >= 4 is 22.5 Å². The van der Waals surface area contributed by atoms with E-state index in [1.165, 1.54) is 0 Å². The second-order valence-corrected chi connectivity index (χ2v) is 6.45. The maximum absolute atomic E-state index is 6.17. The van der Waals surface area contributed by atoms with Crippen molar-refractivity contribution in [1.82, 2.24) is 24.6 Å². The van der Waals surface area contributed by atoms with E-state index in [2.05, 4.69) is 45.3 Å². The molecule has 0 saturated heterocycles. The molecule has 27 heavy (non-hydrogen) atoms. The summed E-state index contributed by atoms with van der Waals surface area (Å²) in [7, 11) is 0. The van der Waals surface area contributed by atoms with Crippen molar-refractivity contribution in [3.05, 3.63) is 72.7 Å². The third-order valence-corrected chi connectivity index (χ3v) is 4.71. The van der Waals surface area contributed by atoms with Crippen LogP contribution < -0.4 is 5.73 Å². The maximum Gasteiger partial charge on any atom is 0.207 e. The summed E-state index contributed by atoms with van der Waals surface area (Å²) in [5, 5.41) is 9.45. The minimum Gasteiger partial charge on any atom is -0.369 e. The molecule has 0 aliphatic rings. The molecule has 0 amide bonds. The Bertz CT molecular complexity index is 1290. The van der Waals surface area contributed by atoms with Crippen LogP contribution in [0.15, 0.2) is 67.1 Å². The van der Waals surface area contributed by atoms with E-state index in [1.54, 1.807) is 10.7 Å². The molecule has 0 atom stereocenters. The van der Waals surface area contributed by atoms with Crippen LogP contribution >= 0.6 is 0 Å². The van der Waals surface area contributed by atoms with E-state index in [4.69, 9.17) is 5.73 Å². The van der Waals surface area contributed by atoms with Crippen LogP contribution in [-0.2, 0) is 0 Å². The molecule has 130 valence electrons. The molecule has 0 bridgehead atoms. The summed E-state index contributed by atoms with van der Waals surface area (Å²) in [6, 6.07) is 18.2. The molecule has 0 aliphatic heterocycles. The molecule has 6 heteroatoms. The number of nitrogens with zero attached hydrogens (tertiary/aromatic N) is 5. The second kappa shape index (κ2) is 5.88. The lowest BCUT2D eigenvalue weighted by molar-refractivity contribution is 1.09. The molecule has 2 N–H and O–H groups in total. The highest BCUT2D eigenvalue weighted by atomic mass is 15.3. The summed E-state index contributed by atoms with van der Waals surface area (Å²) in [5.41, 5.74) is 12.6. The van der Waals surface area contributed by atoms with Crippen molar-refractivity contribution in [1.29, 1.82) is 0 Å². The Kier molecular flexibility index (Phi) is 3.36. The van der Waals surface area contributed by atoms with Gasteiger partial charge < -0.3 is 5.73 Å². The van der Waals surface area contributed by atoms with Gasteiger partial charge in [-0.05, 0) is 36.2 Å². The van der Waals surface area contributed by atoms with Gasteiger partial charge in [0.25, 0.3) is 0 Å². The molecule has 0 aliphatic carbocycles. The highest BCUT2D eigenvalue weighted by Crippen LogP contribution is 2.36. The molecule has 5 rings (SSSR count). The van der Waals surface area contributed by atoms with Gasteiger partial charge in [-0.15, -0.1) is 10.2 Å². The highest BCUT2D eigenvalue weighted by Gasteiger charge is 2.18. The van der Waals surface area contributed by atoms with Crippen molar-refractivity contribution in [2.45, 2.75) is 6.92 Å². The first-order valence-electron chi connectivity index (χ1n) is 8.63. The number of fused-ring (bicyclic) bond motifs is 2. The number of aryl methyl sites for hydroxylation is 1. The third kappa shape index (κ3) is 2.42. The number of hydrogen-bond acceptors (Lipinski definition) is 5. The van der Waals surface area contributed by atoms with E-state index in [0.29, 0.717) is 11.6 Å². The van der Waals surface area contributed by atoms with Crippen LogP contribution in [0.4, 0.5) is 5.95 Å². The van der Waals surface area contributed by atoms with Crippen molar-refractivity contribution < 1.29 is 0 Å². The number of nitrogen functional groups attached to an aromatic ring is 1. The molecule has 0 saturated carbocycles. The van der Waals surface area contributed by atoms with E-state index < -0.39 is 0 Å². The first-order chi connectivity index (χ1) is 13.2. The van der Waals surface area contributed by atoms with Gasteiger partial charge >= 0.3 is 0 Å². The number of anilines is 1. The lowest BCUT2D eigenvalue weighted by atomic mass is 9.96. The number of pyridine rings is 1. The molecule has 0 fully saturated rings. The summed E-state index contributed by atoms with van der Waals surface area (Å²) >= 11 is 0. The summed E-state index contributed by atoms with van der Waals surface area (Å²) < 4.78 is 1.71. The highest BCUT2D eigenvalue weighted by molar-refractivity contribution is 5.95. The first-order valence-corrected chi connectivity index (χ1v) is 8.63. The van der Waals surface area contributed by atoms with Gasteiger partial charge in [0, 0.05) is 17.1 Å². The predicted octanol–water partition coefficient (Wildman–Crippen LogP) is 3.90. The number of aromatic nitrogens is 5. The van der Waals surface area contributed by atoms with Crippen LogP contribution in [0, 0.1) is 6.92 Å². The lowest BCUT2D eigenvalue weighted by Gasteiger charge is -2.13. The average Bonchev–Trinajstić information content (AvgIpc) is 3.19. The van der Waals surface area contributed by atoms with Crippen LogP contribution in [0.5, 0.6) is 0 Å². The molecular formula is C21H16N6. The Morgan fingerprint density at radius 2 is 1.81 bits per heavy atom. The Balaban J connectivity index is 1.90. The Morgan fingerprint density at radius 3 is 2.67 bits per heavy atom. The second-order valence-electron chi connectivity index (χ2n) is 6.45. The Labute approximate surface area is 155 Å². The monoisotopic (exact) mass is 352 g/mol. The quantitative estimate of drug-likeness (QED) is 0.521. The number of nitrogens with two attached hydrogens (primary N) is 1. The average molecular weight is 352 g/mol. The third-order valence-electron chi connectivity index (χ3n) is 4.71. The Morgan fingerprint density at radius 1 is 0.963 bits per heavy atom. The standard InChI is InChI=1S/C21H16N6/c1-13-10-16(11-15-8-5-9-23-18(13)15)17-19(14-6-3-2-4-7-14)25-21(22)27-12-24-26-20(17)27/h2-12H,1H3,(H2,22,25). The summed E-state index contributed by atoms with van der Waals surface area (Å²) in [5.74, 6) is 0.358. The van der Waals surface area contributed by atoms with Crippen molar-refractivity contribution in [2.75, 3.05) is 5.73 Å². The fraction of sp³-hybridized carbons (Fsp3) is 0.0476. The van der Waals surface area contributed by atoms with E-state index in [-0.39, 0.29) is 0 Å². The summed E-state index contributed by atoms with van der Waals surface area (Å²) in [4.78, 5) is 9.17. The first kappa shape index (κ1) is 15.5. The van der Waals surface area contributed by atoms with Gasteiger partial charge in [0.15, 0.2) is 5.65 Å². The van der Waals surface area contributed by atoms with Gasteiger partial charge in [-0.3, -0.25) is 9.38 Å². The van der Waals surface area contributed by atoms with E-state index in [9.17, 15) is 0 Å². The molecule has 3 aromatic heterocycles. The van der Waals surface area contributed by atoms with Crippen molar-refractivity contribution in [3.63, 3.8) is 0 Å². The zero-order valence-electron chi connectivity index (χ0n) is 14.7. The molecule has 0 unspecified atom stereocenters. The maximum atomic E-state index is 6.17. The van der Waals surface area contributed by atoms with Crippen LogP contribution in [0.25, 0.3) is 38.9 Å². The van der Waals surface area contributed by atoms with E-state index >= 15 is 0 Å². The minimum atomic E-state index is 0.358. The summed E-state index contributed by atoms with van der Waals surface area (Å²) in [6.07, 6.45) is 3.40. The van der Waals surface area contributed by atoms with E-state index in [0.717, 1.165) is 38.9 Å². The molecule has 0 spiro atoms. The van der Waals surface area contributed by atoms with Crippen LogP contribution in [0.1, 0.15) is 5.56 Å². The molecule has 6 nitrogen and oxygen atoms in total. The van der Waals surface area contributed by atoms with Crippen molar-refractivity contribution in [3.8, 4) is 22.4 Å². The normalized spacial score (nSPS) is 11.3. The number of hydrogen-bond donors (Lipinski definition) is 1. The molecule has 2 aromatic carbocycles. The van der Waals surface area contributed by atoms with Crippen LogP contribution in [0.2, 0.25) is 0 Å². The number of rotatable bonds is 2. The minimum absolute atomic E-state index is 0.358.